The molecule has 0 radical (unpaired) electrons. The fourth-order valence-corrected chi connectivity index (χ4v) is 5.18. The lowest BCUT2D eigenvalue weighted by Crippen LogP contribution is -2.37. The molecular formula is C24H28BrN3O5S. The minimum absolute atomic E-state index is 0.120. The summed E-state index contributed by atoms with van der Waals surface area (Å²) in [4.78, 5) is 6.88. The maximum absolute atomic E-state index is 13.4. The molecule has 1 N–H and O–H groups in total. The average Bonchev–Trinajstić information content (AvgIpc) is 3.29. The third kappa shape index (κ3) is 5.99. The molecule has 0 unspecified atom stereocenters. The van der Waals surface area contributed by atoms with Gasteiger partial charge in [-0.3, -0.25) is 4.90 Å². The summed E-state index contributed by atoms with van der Waals surface area (Å²) in [5.41, 5.74) is 0.664. The van der Waals surface area contributed by atoms with Crippen LogP contribution in [0.3, 0.4) is 0 Å². The number of sulfone groups is 1. The highest BCUT2D eigenvalue weighted by atomic mass is 79.9. The van der Waals surface area contributed by atoms with Gasteiger partial charge in [0.2, 0.25) is 26.6 Å². The van der Waals surface area contributed by atoms with Crippen LogP contribution in [0.5, 0.6) is 5.75 Å². The summed E-state index contributed by atoms with van der Waals surface area (Å²) in [6, 6.07) is 13.7. The van der Waals surface area contributed by atoms with Crippen LogP contribution in [0.1, 0.15) is 13.3 Å². The summed E-state index contributed by atoms with van der Waals surface area (Å²) in [5.74, 6) is 1.10. The predicted molar refractivity (Wildman–Crippen MR) is 133 cm³/mol. The van der Waals surface area contributed by atoms with Crippen LogP contribution in [-0.2, 0) is 14.6 Å². The molecule has 8 nitrogen and oxygen atoms in total. The summed E-state index contributed by atoms with van der Waals surface area (Å²) in [5, 5.41) is 3.04. The predicted octanol–water partition coefficient (Wildman–Crippen LogP) is 4.47. The van der Waals surface area contributed by atoms with Gasteiger partial charge in [-0.05, 0) is 68.4 Å². The first-order valence-corrected chi connectivity index (χ1v) is 13.5. The summed E-state index contributed by atoms with van der Waals surface area (Å²) >= 11 is 3.35. The Kier molecular flexibility index (Phi) is 8.25. The Morgan fingerprint density at radius 2 is 1.79 bits per heavy atom. The van der Waals surface area contributed by atoms with E-state index < -0.39 is 9.84 Å². The quantitative estimate of drug-likeness (QED) is 0.370. The largest absolute Gasteiger partial charge is 0.494 e. The van der Waals surface area contributed by atoms with E-state index in [2.05, 4.69) is 31.1 Å². The van der Waals surface area contributed by atoms with E-state index in [0.717, 1.165) is 49.5 Å². The van der Waals surface area contributed by atoms with Gasteiger partial charge in [-0.15, -0.1) is 0 Å². The number of hydrogen-bond acceptors (Lipinski definition) is 8. The van der Waals surface area contributed by atoms with E-state index in [9.17, 15) is 8.42 Å². The molecule has 2 heterocycles. The van der Waals surface area contributed by atoms with Gasteiger partial charge in [-0.25, -0.2) is 8.42 Å². The SMILES string of the molecule is CCOc1ccc(-c2nc(S(=O)(=O)c3ccc(Br)cc3)c(NCCCN3CCOCC3)o2)cc1. The van der Waals surface area contributed by atoms with Crippen molar-refractivity contribution < 1.29 is 22.3 Å². The lowest BCUT2D eigenvalue weighted by atomic mass is 10.2. The molecule has 2 aromatic carbocycles. The minimum atomic E-state index is -3.89. The topological polar surface area (TPSA) is 93.9 Å². The number of ether oxygens (including phenoxy) is 2. The lowest BCUT2D eigenvalue weighted by molar-refractivity contribution is 0.0378. The van der Waals surface area contributed by atoms with Crippen molar-refractivity contribution in [3.63, 3.8) is 0 Å². The van der Waals surface area contributed by atoms with Crippen molar-refractivity contribution in [2.75, 3.05) is 51.3 Å². The van der Waals surface area contributed by atoms with Crippen LogP contribution in [0.25, 0.3) is 11.5 Å². The third-order valence-corrected chi connectivity index (χ3v) is 7.63. The minimum Gasteiger partial charge on any atom is -0.494 e. The van der Waals surface area contributed by atoms with Gasteiger partial charge >= 0.3 is 0 Å². The molecule has 10 heteroatoms. The molecule has 0 atom stereocenters. The molecule has 0 amide bonds. The Balaban J connectivity index is 1.57. The number of rotatable bonds is 10. The number of morpholine rings is 1. The first-order valence-electron chi connectivity index (χ1n) is 11.3. The fourth-order valence-electron chi connectivity index (χ4n) is 3.64. The highest BCUT2D eigenvalue weighted by Crippen LogP contribution is 2.33. The fraction of sp³-hybridized carbons (Fsp3) is 0.375. The zero-order valence-electron chi connectivity index (χ0n) is 19.0. The number of nitrogens with zero attached hydrogens (tertiary/aromatic N) is 2. The molecule has 3 aromatic rings. The molecule has 1 aliphatic rings. The second kappa shape index (κ2) is 11.4. The zero-order valence-corrected chi connectivity index (χ0v) is 21.4. The molecule has 0 spiro atoms. The van der Waals surface area contributed by atoms with Crippen LogP contribution in [0, 0.1) is 0 Å². The van der Waals surface area contributed by atoms with Gasteiger partial charge in [0, 0.05) is 29.7 Å². The highest BCUT2D eigenvalue weighted by Gasteiger charge is 2.28. The van der Waals surface area contributed by atoms with E-state index >= 15 is 0 Å². The van der Waals surface area contributed by atoms with Gasteiger partial charge < -0.3 is 19.2 Å². The summed E-state index contributed by atoms with van der Waals surface area (Å²) in [6.07, 6.45) is 0.830. The van der Waals surface area contributed by atoms with Crippen molar-refractivity contribution in [1.29, 1.82) is 0 Å². The molecule has 0 aliphatic carbocycles. The standard InChI is InChI=1S/C24H28BrN3O5S/c1-2-32-20-8-4-18(5-9-20)22-27-24(34(29,30)21-10-6-19(25)7-11-21)23(33-22)26-12-3-13-28-14-16-31-17-15-28/h4-11,26H,2-3,12-17H2,1H3. The van der Waals surface area contributed by atoms with E-state index in [4.69, 9.17) is 13.9 Å². The first-order chi connectivity index (χ1) is 16.5. The molecule has 1 aliphatic heterocycles. The van der Waals surface area contributed by atoms with Crippen molar-refractivity contribution in [3.05, 3.63) is 53.0 Å². The number of halogens is 1. The van der Waals surface area contributed by atoms with Crippen LogP contribution in [-0.4, -0.2) is 64.3 Å². The number of aromatic nitrogens is 1. The molecule has 4 rings (SSSR count). The van der Waals surface area contributed by atoms with Crippen LogP contribution in [0.4, 0.5) is 5.88 Å². The number of nitrogens with one attached hydrogen (secondary N) is 1. The normalized spacial score (nSPS) is 14.8. The Bertz CT molecular complexity index is 1170. The second-order valence-corrected chi connectivity index (χ2v) is 10.6. The van der Waals surface area contributed by atoms with Crippen LogP contribution in [0.15, 0.2) is 67.3 Å². The molecule has 0 bridgehead atoms. The molecule has 1 fully saturated rings. The Hall–Kier alpha value is -2.40. The second-order valence-electron chi connectivity index (χ2n) is 7.80. The molecule has 1 saturated heterocycles. The molecule has 34 heavy (non-hydrogen) atoms. The van der Waals surface area contributed by atoms with Crippen molar-refractivity contribution in [2.24, 2.45) is 0 Å². The van der Waals surface area contributed by atoms with Crippen LogP contribution < -0.4 is 10.1 Å². The molecule has 182 valence electrons. The third-order valence-electron chi connectivity index (χ3n) is 5.43. The summed E-state index contributed by atoms with van der Waals surface area (Å²) in [6.45, 7) is 7.24. The van der Waals surface area contributed by atoms with E-state index in [1.165, 1.54) is 0 Å². The van der Waals surface area contributed by atoms with Gasteiger partial charge in [0.1, 0.15) is 5.75 Å². The van der Waals surface area contributed by atoms with Gasteiger partial charge in [0.05, 0.1) is 24.7 Å². The Labute approximate surface area is 208 Å². The zero-order chi connectivity index (χ0) is 24.0. The monoisotopic (exact) mass is 549 g/mol. The summed E-state index contributed by atoms with van der Waals surface area (Å²) < 4.78 is 44.4. The number of hydrogen-bond donors (Lipinski definition) is 1. The van der Waals surface area contributed by atoms with Crippen molar-refractivity contribution in [3.8, 4) is 17.2 Å². The lowest BCUT2D eigenvalue weighted by Gasteiger charge is -2.26. The number of benzene rings is 2. The van der Waals surface area contributed by atoms with Crippen molar-refractivity contribution in [2.45, 2.75) is 23.3 Å². The first kappa shape index (κ1) is 24.7. The maximum Gasteiger partial charge on any atom is 0.233 e. The van der Waals surface area contributed by atoms with Gasteiger partial charge in [-0.1, -0.05) is 15.9 Å². The van der Waals surface area contributed by atoms with Crippen molar-refractivity contribution in [1.82, 2.24) is 9.88 Å². The Morgan fingerprint density at radius 3 is 2.47 bits per heavy atom. The van der Waals surface area contributed by atoms with E-state index in [1.54, 1.807) is 48.5 Å². The highest BCUT2D eigenvalue weighted by molar-refractivity contribution is 9.10. The summed E-state index contributed by atoms with van der Waals surface area (Å²) in [7, 11) is -3.89. The molecular weight excluding hydrogens is 522 g/mol. The van der Waals surface area contributed by atoms with Crippen molar-refractivity contribution >= 4 is 31.7 Å². The number of anilines is 1. The number of oxazole rings is 1. The molecule has 1 aromatic heterocycles. The smallest absolute Gasteiger partial charge is 0.233 e. The Morgan fingerprint density at radius 1 is 1.09 bits per heavy atom. The van der Waals surface area contributed by atoms with Gasteiger partial charge in [-0.2, -0.15) is 4.98 Å². The average molecular weight is 550 g/mol. The van der Waals surface area contributed by atoms with E-state index in [1.807, 2.05) is 6.92 Å². The van der Waals surface area contributed by atoms with E-state index in [0.29, 0.717) is 18.7 Å². The molecule has 0 saturated carbocycles. The van der Waals surface area contributed by atoms with Gasteiger partial charge in [0.15, 0.2) is 0 Å². The van der Waals surface area contributed by atoms with Crippen LogP contribution >= 0.6 is 15.9 Å². The van der Waals surface area contributed by atoms with E-state index in [-0.39, 0.29) is 21.7 Å². The van der Waals surface area contributed by atoms with Crippen LogP contribution in [0.2, 0.25) is 0 Å². The maximum atomic E-state index is 13.4. The van der Waals surface area contributed by atoms with Gasteiger partial charge in [0.25, 0.3) is 0 Å².